The van der Waals surface area contributed by atoms with Crippen LogP contribution in [0, 0.1) is 5.92 Å². The van der Waals surface area contributed by atoms with Crippen molar-refractivity contribution in [3.63, 3.8) is 0 Å². The van der Waals surface area contributed by atoms with Crippen LogP contribution in [0.25, 0.3) is 0 Å². The lowest BCUT2D eigenvalue weighted by Crippen LogP contribution is -2.45. The normalized spacial score (nSPS) is 26.9. The summed E-state index contributed by atoms with van der Waals surface area (Å²) in [6.45, 7) is 1.67. The van der Waals surface area contributed by atoms with E-state index in [1.807, 2.05) is 12.1 Å². The fourth-order valence-electron chi connectivity index (χ4n) is 3.30. The fraction of sp³-hybridized carbons (Fsp3) is 0.625. The van der Waals surface area contributed by atoms with Gasteiger partial charge in [-0.1, -0.05) is 18.2 Å². The molecule has 0 saturated carbocycles. The molecule has 0 aliphatic carbocycles. The first kappa shape index (κ1) is 13.9. The topological polar surface area (TPSA) is 56.5 Å². The summed E-state index contributed by atoms with van der Waals surface area (Å²) in [4.78, 5) is 0. The van der Waals surface area contributed by atoms with E-state index in [0.717, 1.165) is 38.2 Å². The molecular weight excluding hydrogens is 252 g/mol. The highest BCUT2D eigenvalue weighted by Crippen LogP contribution is 2.30. The zero-order chi connectivity index (χ0) is 13.8. The molecule has 3 N–H and O–H groups in total. The van der Waals surface area contributed by atoms with Crippen molar-refractivity contribution in [1.29, 1.82) is 0 Å². The summed E-state index contributed by atoms with van der Waals surface area (Å²) in [6, 6.07) is 8.59. The molecule has 4 heteroatoms. The molecule has 1 aromatic carbocycles. The van der Waals surface area contributed by atoms with E-state index < -0.39 is 0 Å². The van der Waals surface area contributed by atoms with Gasteiger partial charge in [0.2, 0.25) is 0 Å². The summed E-state index contributed by atoms with van der Waals surface area (Å²) >= 11 is 0. The maximum atomic E-state index is 5.86. The molecule has 0 amide bonds. The highest BCUT2D eigenvalue weighted by atomic mass is 16.5. The van der Waals surface area contributed by atoms with Gasteiger partial charge in [0.25, 0.3) is 0 Å². The molecule has 0 radical (unpaired) electrons. The Morgan fingerprint density at radius 2 is 2.25 bits per heavy atom. The first-order valence-electron chi connectivity index (χ1n) is 7.65. The lowest BCUT2D eigenvalue weighted by Gasteiger charge is -2.31. The Kier molecular flexibility index (Phi) is 4.55. The van der Waals surface area contributed by atoms with E-state index in [2.05, 4.69) is 17.6 Å². The van der Waals surface area contributed by atoms with Gasteiger partial charge in [-0.05, 0) is 43.7 Å². The van der Waals surface area contributed by atoms with Gasteiger partial charge in [-0.25, -0.2) is 0 Å². The summed E-state index contributed by atoms with van der Waals surface area (Å²) < 4.78 is 11.6. The average molecular weight is 276 g/mol. The first-order valence-corrected chi connectivity index (χ1v) is 7.65. The Balaban J connectivity index is 1.56. The minimum Gasteiger partial charge on any atom is -0.493 e. The van der Waals surface area contributed by atoms with E-state index in [9.17, 15) is 0 Å². The number of nitrogens with one attached hydrogen (secondary N) is 1. The highest BCUT2D eigenvalue weighted by molar-refractivity contribution is 5.35. The smallest absolute Gasteiger partial charge is 0.122 e. The molecule has 4 nitrogen and oxygen atoms in total. The molecule has 3 rings (SSSR count). The van der Waals surface area contributed by atoms with Crippen LogP contribution in [0.15, 0.2) is 24.3 Å². The molecule has 110 valence electrons. The summed E-state index contributed by atoms with van der Waals surface area (Å²) in [7, 11) is 0. The van der Waals surface area contributed by atoms with Crippen LogP contribution in [0.5, 0.6) is 5.75 Å². The van der Waals surface area contributed by atoms with Crippen LogP contribution in [-0.4, -0.2) is 25.4 Å². The van der Waals surface area contributed by atoms with Crippen molar-refractivity contribution in [3.05, 3.63) is 29.8 Å². The number of hydrazine groups is 1. The van der Waals surface area contributed by atoms with E-state index >= 15 is 0 Å². The van der Waals surface area contributed by atoms with Crippen LogP contribution < -0.4 is 16.0 Å². The van der Waals surface area contributed by atoms with Gasteiger partial charge in [0.1, 0.15) is 5.75 Å². The number of hydrogen-bond donors (Lipinski definition) is 2. The third-order valence-corrected chi connectivity index (χ3v) is 4.51. The van der Waals surface area contributed by atoms with E-state index in [-0.39, 0.29) is 0 Å². The first-order chi connectivity index (χ1) is 9.86. The van der Waals surface area contributed by atoms with Crippen molar-refractivity contribution in [2.75, 3.05) is 13.2 Å². The van der Waals surface area contributed by atoms with Crippen LogP contribution in [0.1, 0.15) is 31.2 Å². The maximum absolute atomic E-state index is 5.86. The van der Waals surface area contributed by atoms with Crippen molar-refractivity contribution >= 4 is 0 Å². The number of nitrogens with two attached hydrogens (primary N) is 1. The van der Waals surface area contributed by atoms with Crippen LogP contribution in [0.2, 0.25) is 0 Å². The van der Waals surface area contributed by atoms with Gasteiger partial charge in [-0.15, -0.1) is 0 Å². The minimum absolute atomic E-state index is 0.299. The van der Waals surface area contributed by atoms with Gasteiger partial charge in [0, 0.05) is 18.6 Å². The van der Waals surface area contributed by atoms with Crippen molar-refractivity contribution in [3.8, 4) is 5.75 Å². The van der Waals surface area contributed by atoms with E-state index in [4.69, 9.17) is 15.3 Å². The lowest BCUT2D eigenvalue weighted by atomic mass is 9.87. The summed E-state index contributed by atoms with van der Waals surface area (Å²) in [5.74, 6) is 7.23. The van der Waals surface area contributed by atoms with Crippen molar-refractivity contribution in [2.24, 2.45) is 11.8 Å². The van der Waals surface area contributed by atoms with Gasteiger partial charge < -0.3 is 9.47 Å². The molecule has 0 bridgehead atoms. The van der Waals surface area contributed by atoms with Crippen LogP contribution >= 0.6 is 0 Å². The largest absolute Gasteiger partial charge is 0.493 e. The molecule has 1 aromatic rings. The average Bonchev–Trinajstić information content (AvgIpc) is 3.01. The molecule has 0 spiro atoms. The maximum Gasteiger partial charge on any atom is 0.122 e. The molecule has 3 atom stereocenters. The predicted octanol–water partition coefficient (Wildman–Crippen LogP) is 2.03. The highest BCUT2D eigenvalue weighted by Gasteiger charge is 2.27. The van der Waals surface area contributed by atoms with Crippen molar-refractivity contribution < 1.29 is 9.47 Å². The van der Waals surface area contributed by atoms with Gasteiger partial charge >= 0.3 is 0 Å². The number of hydrogen-bond acceptors (Lipinski definition) is 4. The zero-order valence-corrected chi connectivity index (χ0v) is 11.9. The SMILES string of the molecule is NNC(CCC1CCCO1)C1COc2ccccc2C1. The molecule has 2 aliphatic heterocycles. The molecule has 20 heavy (non-hydrogen) atoms. The third kappa shape index (κ3) is 3.14. The van der Waals surface area contributed by atoms with Gasteiger partial charge in [-0.2, -0.15) is 0 Å². The molecule has 1 fully saturated rings. The Morgan fingerprint density at radius 3 is 3.05 bits per heavy atom. The van der Waals surface area contributed by atoms with Gasteiger partial charge in [0.15, 0.2) is 0 Å². The van der Waals surface area contributed by atoms with Crippen molar-refractivity contribution in [1.82, 2.24) is 5.43 Å². The number of rotatable bonds is 5. The Bertz CT molecular complexity index is 432. The lowest BCUT2D eigenvalue weighted by molar-refractivity contribution is 0.0931. The predicted molar refractivity (Wildman–Crippen MR) is 78.5 cm³/mol. The molecular formula is C16H24N2O2. The van der Waals surface area contributed by atoms with Crippen molar-refractivity contribution in [2.45, 2.75) is 44.2 Å². The van der Waals surface area contributed by atoms with Crippen LogP contribution in [0.4, 0.5) is 0 Å². The quantitative estimate of drug-likeness (QED) is 0.638. The Hall–Kier alpha value is -1.10. The second kappa shape index (κ2) is 6.57. The summed E-state index contributed by atoms with van der Waals surface area (Å²) in [5, 5.41) is 0. The second-order valence-electron chi connectivity index (χ2n) is 5.87. The molecule has 3 unspecified atom stereocenters. The number of ether oxygens (including phenoxy) is 2. The van der Waals surface area contributed by atoms with Gasteiger partial charge in [0.05, 0.1) is 12.7 Å². The third-order valence-electron chi connectivity index (χ3n) is 4.51. The van der Waals surface area contributed by atoms with E-state index in [1.54, 1.807) is 0 Å². The molecule has 2 aliphatic rings. The Morgan fingerprint density at radius 1 is 1.35 bits per heavy atom. The molecule has 1 saturated heterocycles. The standard InChI is InChI=1S/C16H24N2O2/c17-18-15(8-7-14-5-3-9-19-14)13-10-12-4-1-2-6-16(12)20-11-13/h1-2,4,6,13-15,18H,3,5,7-11,17H2. The summed E-state index contributed by atoms with van der Waals surface area (Å²) in [6.07, 6.45) is 6.01. The molecule has 2 heterocycles. The minimum atomic E-state index is 0.299. The number of fused-ring (bicyclic) bond motifs is 1. The van der Waals surface area contributed by atoms with Crippen LogP contribution in [-0.2, 0) is 11.2 Å². The van der Waals surface area contributed by atoms with E-state index in [1.165, 1.54) is 18.4 Å². The van der Waals surface area contributed by atoms with E-state index in [0.29, 0.717) is 18.1 Å². The molecule has 0 aromatic heterocycles. The number of para-hydroxylation sites is 1. The second-order valence-corrected chi connectivity index (χ2v) is 5.87. The number of benzene rings is 1. The zero-order valence-electron chi connectivity index (χ0n) is 11.9. The Labute approximate surface area is 120 Å². The fourth-order valence-corrected chi connectivity index (χ4v) is 3.30. The van der Waals surface area contributed by atoms with Gasteiger partial charge in [-0.3, -0.25) is 11.3 Å². The van der Waals surface area contributed by atoms with Crippen LogP contribution in [0.3, 0.4) is 0 Å². The monoisotopic (exact) mass is 276 g/mol. The summed E-state index contributed by atoms with van der Waals surface area (Å²) in [5.41, 5.74) is 4.28.